The summed E-state index contributed by atoms with van der Waals surface area (Å²) >= 11 is 1.32. The molecule has 0 aliphatic carbocycles. The topological polar surface area (TPSA) is 82.5 Å². The van der Waals surface area contributed by atoms with E-state index < -0.39 is 23.2 Å². The van der Waals surface area contributed by atoms with Gasteiger partial charge < -0.3 is 15.3 Å². The highest BCUT2D eigenvalue weighted by Gasteiger charge is 2.42. The molecule has 2 amide bonds. The lowest BCUT2D eigenvalue weighted by molar-refractivity contribution is -0.137. The molecule has 2 N–H and O–H groups in total. The van der Waals surface area contributed by atoms with Crippen molar-refractivity contribution in [3.05, 3.63) is 45.7 Å². The largest absolute Gasteiger partial charge is 0.369 e. The van der Waals surface area contributed by atoms with Gasteiger partial charge in [-0.05, 0) is 25.1 Å². The van der Waals surface area contributed by atoms with Gasteiger partial charge in [0, 0.05) is 30.5 Å². The van der Waals surface area contributed by atoms with Crippen molar-refractivity contribution >= 4 is 28.8 Å². The fraction of sp³-hybridized carbons (Fsp3) is 0.278. The smallest absolute Gasteiger partial charge is 0.275 e. The number of anilines is 1. The van der Waals surface area contributed by atoms with Gasteiger partial charge in [0.05, 0.1) is 11.2 Å². The average molecular weight is 373 g/mol. The number of carbonyl (C=O) groups excluding carboxylic acids is 2. The van der Waals surface area contributed by atoms with Crippen LogP contribution in [0.25, 0.3) is 0 Å². The quantitative estimate of drug-likeness (QED) is 0.787. The van der Waals surface area contributed by atoms with Crippen molar-refractivity contribution < 1.29 is 19.1 Å². The van der Waals surface area contributed by atoms with Crippen LogP contribution in [0.3, 0.4) is 0 Å². The van der Waals surface area contributed by atoms with E-state index in [9.17, 15) is 19.1 Å². The standard InChI is InChI=1S/C18H16FN3O3S/c1-11-15(20-10-26-11)16(23)21-14-9-12(3-4-13(14)19)5-6-18(25)7-8-22(2)17(18)24/h3-4,9-10,25H,7-8H2,1-2H3,(H,21,23)/t18-/m0/s1. The maximum atomic E-state index is 14.0. The van der Waals surface area contributed by atoms with Gasteiger partial charge in [-0.3, -0.25) is 9.59 Å². The van der Waals surface area contributed by atoms with Crippen LogP contribution in [-0.2, 0) is 4.79 Å². The normalized spacial score (nSPS) is 19.2. The van der Waals surface area contributed by atoms with Gasteiger partial charge in [-0.2, -0.15) is 0 Å². The van der Waals surface area contributed by atoms with E-state index in [1.165, 1.54) is 34.4 Å². The third kappa shape index (κ3) is 3.45. The highest BCUT2D eigenvalue weighted by molar-refractivity contribution is 7.09. The zero-order valence-corrected chi connectivity index (χ0v) is 15.0. The molecule has 2 heterocycles. The van der Waals surface area contributed by atoms with Crippen molar-refractivity contribution in [3.8, 4) is 11.8 Å². The molecule has 2 aromatic rings. The minimum Gasteiger partial charge on any atom is -0.369 e. The second-order valence-electron chi connectivity index (χ2n) is 5.99. The first-order valence-electron chi connectivity index (χ1n) is 7.82. The molecule has 0 bridgehead atoms. The molecule has 0 spiro atoms. The van der Waals surface area contributed by atoms with Gasteiger partial charge in [0.2, 0.25) is 5.60 Å². The molecule has 134 valence electrons. The lowest BCUT2D eigenvalue weighted by Gasteiger charge is -2.13. The minimum atomic E-state index is -1.73. The third-order valence-corrected chi connectivity index (χ3v) is 4.86. The molecule has 1 aliphatic rings. The molecule has 1 saturated heterocycles. The Morgan fingerprint density at radius 2 is 2.27 bits per heavy atom. The van der Waals surface area contributed by atoms with Gasteiger partial charge in [0.1, 0.15) is 11.5 Å². The first-order chi connectivity index (χ1) is 12.3. The lowest BCUT2D eigenvalue weighted by Crippen LogP contribution is -2.37. The second-order valence-corrected chi connectivity index (χ2v) is 7.05. The van der Waals surface area contributed by atoms with Crippen molar-refractivity contribution in [2.75, 3.05) is 18.9 Å². The lowest BCUT2D eigenvalue weighted by atomic mass is 10.0. The average Bonchev–Trinajstić information content (AvgIpc) is 3.15. The highest BCUT2D eigenvalue weighted by atomic mass is 32.1. The molecule has 1 fully saturated rings. The predicted molar refractivity (Wildman–Crippen MR) is 95.3 cm³/mol. The summed E-state index contributed by atoms with van der Waals surface area (Å²) in [5.41, 5.74) is 0.367. The number of aliphatic hydroxyl groups is 1. The number of likely N-dealkylation sites (tertiary alicyclic amines) is 1. The number of hydrogen-bond acceptors (Lipinski definition) is 5. The maximum Gasteiger partial charge on any atom is 0.275 e. The number of likely N-dealkylation sites (N-methyl/N-ethyl adjacent to an activating group) is 1. The molecule has 1 aromatic heterocycles. The summed E-state index contributed by atoms with van der Waals surface area (Å²) in [7, 11) is 1.59. The number of halogens is 1. The van der Waals surface area contributed by atoms with Crippen LogP contribution in [0, 0.1) is 24.6 Å². The predicted octanol–water partition coefficient (Wildman–Crippen LogP) is 1.79. The van der Waals surface area contributed by atoms with Crippen LogP contribution >= 0.6 is 11.3 Å². The Morgan fingerprint density at radius 3 is 2.88 bits per heavy atom. The number of aromatic nitrogens is 1. The summed E-state index contributed by atoms with van der Waals surface area (Å²) < 4.78 is 14.0. The van der Waals surface area contributed by atoms with Crippen molar-refractivity contribution in [2.24, 2.45) is 0 Å². The van der Waals surface area contributed by atoms with E-state index in [1.54, 1.807) is 19.5 Å². The maximum absolute atomic E-state index is 14.0. The SMILES string of the molecule is Cc1scnc1C(=O)Nc1cc(C#C[C@]2(O)CCN(C)C2=O)ccc1F. The van der Waals surface area contributed by atoms with E-state index in [0.717, 1.165) is 4.88 Å². The molecule has 0 saturated carbocycles. The third-order valence-electron chi connectivity index (χ3n) is 4.10. The summed E-state index contributed by atoms with van der Waals surface area (Å²) in [5.74, 6) is 3.65. The number of aryl methyl sites for hydroxylation is 1. The Hall–Kier alpha value is -2.76. The van der Waals surface area contributed by atoms with Crippen molar-refractivity contribution in [3.63, 3.8) is 0 Å². The molecule has 0 radical (unpaired) electrons. The van der Waals surface area contributed by atoms with Crippen molar-refractivity contribution in [1.29, 1.82) is 0 Å². The minimum absolute atomic E-state index is 0.0453. The molecule has 26 heavy (non-hydrogen) atoms. The Labute approximate surface area is 153 Å². The van der Waals surface area contributed by atoms with Gasteiger partial charge in [0.25, 0.3) is 11.8 Å². The van der Waals surface area contributed by atoms with Gasteiger partial charge in [0.15, 0.2) is 0 Å². The summed E-state index contributed by atoms with van der Waals surface area (Å²) in [6, 6.07) is 3.94. The molecular formula is C18H16FN3O3S. The van der Waals surface area contributed by atoms with Crippen LogP contribution < -0.4 is 5.32 Å². The fourth-order valence-electron chi connectivity index (χ4n) is 2.55. The molecule has 0 unspecified atom stereocenters. The Morgan fingerprint density at radius 1 is 1.50 bits per heavy atom. The summed E-state index contributed by atoms with van der Waals surface area (Å²) in [4.78, 5) is 30.2. The van der Waals surface area contributed by atoms with Gasteiger partial charge in [-0.1, -0.05) is 11.8 Å². The first-order valence-corrected chi connectivity index (χ1v) is 8.70. The molecule has 3 rings (SSSR count). The monoisotopic (exact) mass is 373 g/mol. The van der Waals surface area contributed by atoms with Crippen LogP contribution in [0.4, 0.5) is 10.1 Å². The van der Waals surface area contributed by atoms with Crippen molar-refractivity contribution in [2.45, 2.75) is 18.9 Å². The van der Waals surface area contributed by atoms with Crippen LogP contribution in [-0.4, -0.2) is 46.0 Å². The van der Waals surface area contributed by atoms with Gasteiger partial charge in [-0.25, -0.2) is 9.37 Å². The molecule has 6 nitrogen and oxygen atoms in total. The van der Waals surface area contributed by atoms with E-state index in [2.05, 4.69) is 22.1 Å². The first kappa shape index (κ1) is 18.0. The van der Waals surface area contributed by atoms with E-state index in [0.29, 0.717) is 12.1 Å². The summed E-state index contributed by atoms with van der Waals surface area (Å²) in [5, 5.41) is 12.8. The van der Waals surface area contributed by atoms with Crippen molar-refractivity contribution in [1.82, 2.24) is 9.88 Å². The number of benzene rings is 1. The van der Waals surface area contributed by atoms with Crippen LogP contribution in [0.2, 0.25) is 0 Å². The number of amides is 2. The van der Waals surface area contributed by atoms with Crippen LogP contribution in [0.15, 0.2) is 23.7 Å². The van der Waals surface area contributed by atoms with Crippen LogP contribution in [0.5, 0.6) is 0 Å². The summed E-state index contributed by atoms with van der Waals surface area (Å²) in [6.07, 6.45) is 0.212. The highest BCUT2D eigenvalue weighted by Crippen LogP contribution is 2.22. The second kappa shape index (κ2) is 6.86. The fourth-order valence-corrected chi connectivity index (χ4v) is 3.12. The number of nitrogens with zero attached hydrogens (tertiary/aromatic N) is 2. The molecular weight excluding hydrogens is 357 g/mol. The van der Waals surface area contributed by atoms with Crippen LogP contribution in [0.1, 0.15) is 27.3 Å². The Balaban J connectivity index is 1.83. The molecule has 1 aromatic carbocycles. The van der Waals surface area contributed by atoms with Gasteiger partial charge in [-0.15, -0.1) is 11.3 Å². The van der Waals surface area contributed by atoms with E-state index in [1.807, 2.05) is 0 Å². The Kier molecular flexibility index (Phi) is 4.76. The van der Waals surface area contributed by atoms with E-state index in [-0.39, 0.29) is 17.8 Å². The zero-order valence-electron chi connectivity index (χ0n) is 14.2. The molecule has 8 heteroatoms. The zero-order chi connectivity index (χ0) is 18.9. The van der Waals surface area contributed by atoms with E-state index in [4.69, 9.17) is 0 Å². The number of rotatable bonds is 2. The number of hydrogen-bond donors (Lipinski definition) is 2. The Bertz CT molecular complexity index is 947. The number of thiazole rings is 1. The number of carbonyl (C=O) groups is 2. The van der Waals surface area contributed by atoms with E-state index >= 15 is 0 Å². The van der Waals surface area contributed by atoms with Gasteiger partial charge >= 0.3 is 0 Å². The summed E-state index contributed by atoms with van der Waals surface area (Å²) in [6.45, 7) is 2.17. The molecule has 1 atom stereocenters. The number of nitrogens with one attached hydrogen (secondary N) is 1. The molecule has 1 aliphatic heterocycles.